The highest BCUT2D eigenvalue weighted by molar-refractivity contribution is 5.75. The molecule has 18 heavy (non-hydrogen) atoms. The second-order valence-corrected chi connectivity index (χ2v) is 3.54. The number of nitrogens with two attached hydrogens (primary N) is 1. The molecule has 0 aliphatic carbocycles. The number of pyridine rings is 1. The summed E-state index contributed by atoms with van der Waals surface area (Å²) in [5, 5.41) is 0. The summed E-state index contributed by atoms with van der Waals surface area (Å²) in [5.41, 5.74) is 7.24. The first-order valence-electron chi connectivity index (χ1n) is 5.01. The molecule has 0 radical (unpaired) electrons. The van der Waals surface area contributed by atoms with Gasteiger partial charge in [-0.2, -0.15) is 0 Å². The molecule has 0 unspecified atom stereocenters. The van der Waals surface area contributed by atoms with Crippen LogP contribution in [0.15, 0.2) is 42.7 Å². The van der Waals surface area contributed by atoms with Crippen molar-refractivity contribution >= 4 is 5.69 Å². The van der Waals surface area contributed by atoms with Crippen LogP contribution in [0.1, 0.15) is 0 Å². The van der Waals surface area contributed by atoms with Crippen molar-refractivity contribution < 1.29 is 17.9 Å². The van der Waals surface area contributed by atoms with Crippen LogP contribution in [0.2, 0.25) is 0 Å². The van der Waals surface area contributed by atoms with Gasteiger partial charge in [0.05, 0.1) is 0 Å². The van der Waals surface area contributed by atoms with Crippen molar-refractivity contribution in [3.05, 3.63) is 42.7 Å². The van der Waals surface area contributed by atoms with Gasteiger partial charge in [0.1, 0.15) is 5.75 Å². The number of halogens is 3. The number of benzene rings is 1. The fourth-order valence-corrected chi connectivity index (χ4v) is 1.51. The van der Waals surface area contributed by atoms with Gasteiger partial charge in [-0.3, -0.25) is 4.98 Å². The molecule has 2 N–H and O–H groups in total. The van der Waals surface area contributed by atoms with Crippen molar-refractivity contribution in [1.29, 1.82) is 0 Å². The summed E-state index contributed by atoms with van der Waals surface area (Å²) >= 11 is 0. The molecule has 0 aliphatic rings. The van der Waals surface area contributed by atoms with E-state index in [1.54, 1.807) is 12.1 Å². The summed E-state index contributed by atoms with van der Waals surface area (Å²) in [7, 11) is 0. The minimum Gasteiger partial charge on any atom is -0.406 e. The van der Waals surface area contributed by atoms with Gasteiger partial charge in [-0.25, -0.2) is 0 Å². The van der Waals surface area contributed by atoms with Crippen LogP contribution in [-0.4, -0.2) is 11.3 Å². The van der Waals surface area contributed by atoms with Gasteiger partial charge in [0.25, 0.3) is 0 Å². The molecule has 2 rings (SSSR count). The summed E-state index contributed by atoms with van der Waals surface area (Å²) in [6, 6.07) is 7.16. The lowest BCUT2D eigenvalue weighted by atomic mass is 10.1. The Morgan fingerprint density at radius 3 is 2.61 bits per heavy atom. The van der Waals surface area contributed by atoms with Crippen molar-refractivity contribution in [2.24, 2.45) is 0 Å². The minimum atomic E-state index is -4.71. The average Bonchev–Trinajstić information content (AvgIpc) is 2.27. The fraction of sp³-hybridized carbons (Fsp3) is 0.0833. The van der Waals surface area contributed by atoms with Gasteiger partial charge >= 0.3 is 6.36 Å². The van der Waals surface area contributed by atoms with E-state index < -0.39 is 6.36 Å². The largest absolute Gasteiger partial charge is 0.573 e. The lowest BCUT2D eigenvalue weighted by Crippen LogP contribution is -2.17. The molecule has 0 amide bonds. The summed E-state index contributed by atoms with van der Waals surface area (Å²) in [6.45, 7) is 0. The van der Waals surface area contributed by atoms with Crippen molar-refractivity contribution in [2.45, 2.75) is 6.36 Å². The number of hydrogen-bond acceptors (Lipinski definition) is 3. The maximum atomic E-state index is 12.1. The zero-order valence-electron chi connectivity index (χ0n) is 9.11. The highest BCUT2D eigenvalue weighted by Crippen LogP contribution is 2.30. The number of alkyl halides is 3. The van der Waals surface area contributed by atoms with Crippen LogP contribution in [0.25, 0.3) is 11.1 Å². The lowest BCUT2D eigenvalue weighted by Gasteiger charge is -2.10. The third-order valence-corrected chi connectivity index (χ3v) is 2.23. The predicted octanol–water partition coefficient (Wildman–Crippen LogP) is 3.23. The van der Waals surface area contributed by atoms with Crippen LogP contribution >= 0.6 is 0 Å². The zero-order valence-corrected chi connectivity index (χ0v) is 9.11. The van der Waals surface area contributed by atoms with Gasteiger partial charge in [-0.1, -0.05) is 12.1 Å². The van der Waals surface area contributed by atoms with Gasteiger partial charge < -0.3 is 10.5 Å². The Kier molecular flexibility index (Phi) is 3.10. The molecule has 0 saturated heterocycles. The molecule has 0 atom stereocenters. The molecule has 1 heterocycles. The number of rotatable bonds is 2. The molecule has 0 bridgehead atoms. The third kappa shape index (κ3) is 2.91. The van der Waals surface area contributed by atoms with Crippen LogP contribution in [-0.2, 0) is 0 Å². The third-order valence-electron chi connectivity index (χ3n) is 2.23. The number of aromatic nitrogens is 1. The number of nitrogens with zero attached hydrogens (tertiary/aromatic N) is 1. The average molecular weight is 254 g/mol. The Bertz CT molecular complexity index is 555. The van der Waals surface area contributed by atoms with E-state index in [-0.39, 0.29) is 5.75 Å². The van der Waals surface area contributed by atoms with Crippen molar-refractivity contribution in [3.8, 4) is 16.9 Å². The van der Waals surface area contributed by atoms with Crippen molar-refractivity contribution in [1.82, 2.24) is 4.98 Å². The summed E-state index contributed by atoms with van der Waals surface area (Å²) in [4.78, 5) is 3.88. The van der Waals surface area contributed by atoms with Gasteiger partial charge in [-0.15, -0.1) is 13.2 Å². The van der Waals surface area contributed by atoms with E-state index in [9.17, 15) is 13.2 Å². The fourth-order valence-electron chi connectivity index (χ4n) is 1.51. The number of nitrogen functional groups attached to an aromatic ring is 1. The maximum absolute atomic E-state index is 12.1. The van der Waals surface area contributed by atoms with Gasteiger partial charge in [-0.05, 0) is 23.8 Å². The quantitative estimate of drug-likeness (QED) is 0.895. The Morgan fingerprint density at radius 1 is 1.17 bits per heavy atom. The predicted molar refractivity (Wildman–Crippen MR) is 60.8 cm³/mol. The Labute approximate surface area is 101 Å². The lowest BCUT2D eigenvalue weighted by molar-refractivity contribution is -0.274. The van der Waals surface area contributed by atoms with Crippen LogP contribution in [0.3, 0.4) is 0 Å². The molecule has 94 valence electrons. The topological polar surface area (TPSA) is 48.1 Å². The molecule has 1 aromatic heterocycles. The van der Waals surface area contributed by atoms with E-state index in [2.05, 4.69) is 9.72 Å². The molecular weight excluding hydrogens is 245 g/mol. The molecule has 0 aliphatic heterocycles. The van der Waals surface area contributed by atoms with Crippen molar-refractivity contribution in [2.75, 3.05) is 5.73 Å². The van der Waals surface area contributed by atoms with Crippen LogP contribution in [0, 0.1) is 0 Å². The van der Waals surface area contributed by atoms with E-state index in [0.29, 0.717) is 16.8 Å². The van der Waals surface area contributed by atoms with Gasteiger partial charge in [0.2, 0.25) is 0 Å². The first-order chi connectivity index (χ1) is 8.46. The maximum Gasteiger partial charge on any atom is 0.573 e. The molecule has 6 heteroatoms. The van der Waals surface area contributed by atoms with E-state index in [1.807, 2.05) is 0 Å². The summed E-state index contributed by atoms with van der Waals surface area (Å²) < 4.78 is 40.1. The first-order valence-corrected chi connectivity index (χ1v) is 5.01. The smallest absolute Gasteiger partial charge is 0.406 e. The normalized spacial score (nSPS) is 11.3. The molecule has 0 spiro atoms. The van der Waals surface area contributed by atoms with E-state index in [0.717, 1.165) is 0 Å². The van der Waals surface area contributed by atoms with Gasteiger partial charge in [0.15, 0.2) is 0 Å². The van der Waals surface area contributed by atoms with E-state index in [4.69, 9.17) is 5.73 Å². The number of anilines is 1. The highest BCUT2D eigenvalue weighted by Gasteiger charge is 2.31. The molecule has 1 aromatic carbocycles. The highest BCUT2D eigenvalue weighted by atomic mass is 19.4. The van der Waals surface area contributed by atoms with Crippen LogP contribution in [0.4, 0.5) is 18.9 Å². The summed E-state index contributed by atoms with van der Waals surface area (Å²) in [6.07, 6.45) is -1.71. The monoisotopic (exact) mass is 254 g/mol. The van der Waals surface area contributed by atoms with E-state index >= 15 is 0 Å². The standard InChI is InChI=1S/C12H9F3N2O/c13-12(14,15)18-9-3-1-2-8(6-9)10-7-17-5-4-11(10)16/h1-7H,(H2,16,17). The molecule has 0 fully saturated rings. The molecular formula is C12H9F3N2O. The Balaban J connectivity index is 2.36. The van der Waals surface area contributed by atoms with Gasteiger partial charge in [0, 0.05) is 23.6 Å². The Hall–Kier alpha value is -2.24. The summed E-state index contributed by atoms with van der Waals surface area (Å²) in [5.74, 6) is -0.289. The Morgan fingerprint density at radius 2 is 1.94 bits per heavy atom. The molecule has 3 nitrogen and oxygen atoms in total. The SMILES string of the molecule is Nc1ccncc1-c1cccc(OC(F)(F)F)c1. The minimum absolute atomic E-state index is 0.289. The number of hydrogen-bond donors (Lipinski definition) is 1. The van der Waals surface area contributed by atoms with Crippen molar-refractivity contribution in [3.63, 3.8) is 0 Å². The zero-order chi connectivity index (χ0) is 13.2. The van der Waals surface area contributed by atoms with Crippen LogP contribution < -0.4 is 10.5 Å². The first kappa shape index (κ1) is 12.2. The molecule has 0 saturated carbocycles. The van der Waals surface area contributed by atoms with Crippen LogP contribution in [0.5, 0.6) is 5.75 Å². The molecule has 2 aromatic rings. The second kappa shape index (κ2) is 4.56. The number of ether oxygens (including phenoxy) is 1. The van der Waals surface area contributed by atoms with E-state index in [1.165, 1.54) is 30.6 Å². The second-order valence-electron chi connectivity index (χ2n) is 3.54.